The minimum absolute atomic E-state index is 0.0464. The van der Waals surface area contributed by atoms with Crippen LogP contribution in [-0.2, 0) is 5.41 Å². The van der Waals surface area contributed by atoms with Crippen molar-refractivity contribution in [1.29, 1.82) is 0 Å². The average molecular weight is 293 g/mol. The molecule has 2 N–H and O–H groups in total. The first-order valence-electron chi connectivity index (χ1n) is 7.60. The molecule has 2 heterocycles. The molecule has 0 amide bonds. The lowest BCUT2D eigenvalue weighted by atomic mass is 9.88. The molecule has 2 aromatic heterocycles. The van der Waals surface area contributed by atoms with Crippen molar-refractivity contribution in [2.45, 2.75) is 63.7 Å². The van der Waals surface area contributed by atoms with E-state index in [1.54, 1.807) is 11.3 Å². The lowest BCUT2D eigenvalue weighted by Gasteiger charge is -2.22. The quantitative estimate of drug-likeness (QED) is 0.941. The lowest BCUT2D eigenvalue weighted by molar-refractivity contribution is 0.419. The zero-order chi connectivity index (χ0) is 14.2. The van der Waals surface area contributed by atoms with Crippen LogP contribution in [0.2, 0.25) is 0 Å². The molecule has 0 spiro atoms. The van der Waals surface area contributed by atoms with Gasteiger partial charge in [-0.1, -0.05) is 44.4 Å². The van der Waals surface area contributed by atoms with Crippen molar-refractivity contribution in [2.75, 3.05) is 6.54 Å². The van der Waals surface area contributed by atoms with Crippen molar-refractivity contribution in [1.82, 2.24) is 19.8 Å². The van der Waals surface area contributed by atoms with E-state index in [9.17, 15) is 0 Å². The van der Waals surface area contributed by atoms with Crippen molar-refractivity contribution in [2.24, 2.45) is 5.73 Å². The summed E-state index contributed by atoms with van der Waals surface area (Å²) in [4.78, 5) is 0.911. The van der Waals surface area contributed by atoms with Crippen molar-refractivity contribution in [3.8, 4) is 0 Å². The van der Waals surface area contributed by atoms with Crippen LogP contribution in [0.15, 0.2) is 0 Å². The van der Waals surface area contributed by atoms with Gasteiger partial charge in [-0.25, -0.2) is 0 Å². The van der Waals surface area contributed by atoms with Gasteiger partial charge in [0.1, 0.15) is 5.01 Å². The van der Waals surface area contributed by atoms with E-state index in [1.807, 2.05) is 4.52 Å². The maximum absolute atomic E-state index is 5.94. The number of nitrogens with zero attached hydrogens (tertiary/aromatic N) is 4. The van der Waals surface area contributed by atoms with E-state index in [-0.39, 0.29) is 5.41 Å². The Morgan fingerprint density at radius 2 is 2.05 bits per heavy atom. The molecule has 2 aromatic rings. The molecule has 0 aliphatic heterocycles. The number of hydrogen-bond donors (Lipinski definition) is 1. The molecular formula is C14H23N5S. The fourth-order valence-corrected chi connectivity index (χ4v) is 3.95. The summed E-state index contributed by atoms with van der Waals surface area (Å²) in [7, 11) is 0. The van der Waals surface area contributed by atoms with Gasteiger partial charge in [0.25, 0.3) is 0 Å². The van der Waals surface area contributed by atoms with Gasteiger partial charge in [0.15, 0.2) is 5.82 Å². The predicted octanol–water partition coefficient (Wildman–Crippen LogP) is 2.86. The minimum atomic E-state index is -0.0464. The Bertz CT molecular complexity index is 577. The van der Waals surface area contributed by atoms with Crippen LogP contribution in [0.3, 0.4) is 0 Å². The second-order valence-electron chi connectivity index (χ2n) is 6.11. The smallest absolute Gasteiger partial charge is 0.234 e. The van der Waals surface area contributed by atoms with Gasteiger partial charge in [-0.3, -0.25) is 0 Å². The maximum Gasteiger partial charge on any atom is 0.234 e. The summed E-state index contributed by atoms with van der Waals surface area (Å²) >= 11 is 1.64. The van der Waals surface area contributed by atoms with E-state index in [0.717, 1.165) is 22.2 Å². The van der Waals surface area contributed by atoms with E-state index < -0.39 is 0 Å². The van der Waals surface area contributed by atoms with Gasteiger partial charge < -0.3 is 5.73 Å². The first-order chi connectivity index (χ1) is 9.68. The summed E-state index contributed by atoms with van der Waals surface area (Å²) in [6.07, 6.45) is 7.37. The van der Waals surface area contributed by atoms with Crippen LogP contribution < -0.4 is 5.73 Å². The second-order valence-corrected chi connectivity index (χ2v) is 7.07. The third-order valence-corrected chi connectivity index (χ3v) is 5.94. The third-order valence-electron chi connectivity index (χ3n) is 4.73. The van der Waals surface area contributed by atoms with Crippen molar-refractivity contribution in [3.63, 3.8) is 0 Å². The molecule has 20 heavy (non-hydrogen) atoms. The SMILES string of the molecule is CCC(C)(CN)c1nn2c(C3CCCCC3)nnc2s1. The van der Waals surface area contributed by atoms with Gasteiger partial charge in [0.05, 0.1) is 0 Å². The summed E-state index contributed by atoms with van der Waals surface area (Å²) in [6.45, 7) is 4.96. The monoisotopic (exact) mass is 293 g/mol. The van der Waals surface area contributed by atoms with Gasteiger partial charge in [-0.05, 0) is 19.3 Å². The Balaban J connectivity index is 1.98. The van der Waals surface area contributed by atoms with Crippen LogP contribution in [0.4, 0.5) is 0 Å². The molecule has 1 aliphatic carbocycles. The maximum atomic E-state index is 5.94. The number of hydrogen-bond acceptors (Lipinski definition) is 5. The highest BCUT2D eigenvalue weighted by Crippen LogP contribution is 2.34. The number of aromatic nitrogens is 4. The van der Waals surface area contributed by atoms with Gasteiger partial charge in [0, 0.05) is 17.9 Å². The highest BCUT2D eigenvalue weighted by Gasteiger charge is 2.30. The van der Waals surface area contributed by atoms with E-state index in [1.165, 1.54) is 32.1 Å². The van der Waals surface area contributed by atoms with Crippen LogP contribution in [0, 0.1) is 0 Å². The zero-order valence-corrected chi connectivity index (χ0v) is 13.1. The summed E-state index contributed by atoms with van der Waals surface area (Å²) in [5.74, 6) is 1.58. The van der Waals surface area contributed by atoms with Gasteiger partial charge >= 0.3 is 0 Å². The molecule has 3 rings (SSSR count). The van der Waals surface area contributed by atoms with Crippen LogP contribution in [0.1, 0.15) is 69.1 Å². The molecule has 1 unspecified atom stereocenters. The topological polar surface area (TPSA) is 69.1 Å². The highest BCUT2D eigenvalue weighted by molar-refractivity contribution is 7.16. The molecule has 110 valence electrons. The standard InChI is InChI=1S/C14H23N5S/c1-3-14(2,9-15)12-18-19-11(16-17-13(19)20-12)10-7-5-4-6-8-10/h10H,3-9,15H2,1-2H3. The largest absolute Gasteiger partial charge is 0.330 e. The highest BCUT2D eigenvalue weighted by atomic mass is 32.1. The van der Waals surface area contributed by atoms with E-state index in [0.29, 0.717) is 12.5 Å². The Kier molecular flexibility index (Phi) is 3.77. The predicted molar refractivity (Wildman–Crippen MR) is 81.2 cm³/mol. The number of rotatable bonds is 4. The minimum Gasteiger partial charge on any atom is -0.330 e. The normalized spacial score (nSPS) is 20.4. The Hall–Kier alpha value is -1.01. The molecule has 1 saturated carbocycles. The van der Waals surface area contributed by atoms with Crippen LogP contribution in [0.5, 0.6) is 0 Å². The summed E-state index contributed by atoms with van der Waals surface area (Å²) in [5, 5.41) is 14.6. The summed E-state index contributed by atoms with van der Waals surface area (Å²) in [5.41, 5.74) is 5.90. The average Bonchev–Trinajstić information content (AvgIpc) is 3.07. The van der Waals surface area contributed by atoms with Crippen LogP contribution >= 0.6 is 11.3 Å². The third kappa shape index (κ3) is 2.24. The molecular weight excluding hydrogens is 270 g/mol. The van der Waals surface area contributed by atoms with Crippen LogP contribution in [-0.4, -0.2) is 26.4 Å². The van der Waals surface area contributed by atoms with E-state index in [2.05, 4.69) is 24.0 Å². The fraction of sp³-hybridized carbons (Fsp3) is 0.786. The molecule has 1 aliphatic rings. The van der Waals surface area contributed by atoms with Crippen molar-refractivity contribution in [3.05, 3.63) is 10.8 Å². The molecule has 0 radical (unpaired) electrons. The first kappa shape index (κ1) is 13.9. The zero-order valence-electron chi connectivity index (χ0n) is 12.3. The Labute approximate surface area is 123 Å². The van der Waals surface area contributed by atoms with Gasteiger partial charge in [-0.2, -0.15) is 9.61 Å². The molecule has 5 nitrogen and oxygen atoms in total. The number of fused-ring (bicyclic) bond motifs is 1. The second kappa shape index (κ2) is 5.41. The Morgan fingerprint density at radius 3 is 2.70 bits per heavy atom. The van der Waals surface area contributed by atoms with Crippen molar-refractivity contribution >= 4 is 16.3 Å². The molecule has 6 heteroatoms. The van der Waals surface area contributed by atoms with Crippen LogP contribution in [0.25, 0.3) is 4.96 Å². The van der Waals surface area contributed by atoms with Gasteiger partial charge in [-0.15, -0.1) is 10.2 Å². The number of nitrogens with two attached hydrogens (primary N) is 1. The first-order valence-corrected chi connectivity index (χ1v) is 8.42. The molecule has 1 fully saturated rings. The summed E-state index contributed by atoms with van der Waals surface area (Å²) < 4.78 is 1.97. The molecule has 0 bridgehead atoms. The van der Waals surface area contributed by atoms with Crippen molar-refractivity contribution < 1.29 is 0 Å². The van der Waals surface area contributed by atoms with Gasteiger partial charge in [0.2, 0.25) is 4.96 Å². The molecule has 0 aromatic carbocycles. The van der Waals surface area contributed by atoms with E-state index in [4.69, 9.17) is 10.8 Å². The summed E-state index contributed by atoms with van der Waals surface area (Å²) in [6, 6.07) is 0. The molecule has 0 saturated heterocycles. The fourth-order valence-electron chi connectivity index (χ4n) is 2.87. The lowest BCUT2D eigenvalue weighted by Crippen LogP contribution is -2.31. The molecule has 1 atom stereocenters. The van der Waals surface area contributed by atoms with E-state index >= 15 is 0 Å². The Morgan fingerprint density at radius 1 is 1.30 bits per heavy atom.